The van der Waals surface area contributed by atoms with Gasteiger partial charge in [-0.25, -0.2) is 4.98 Å². The lowest BCUT2D eigenvalue weighted by molar-refractivity contribution is -0.137. The van der Waals surface area contributed by atoms with Crippen molar-refractivity contribution in [1.82, 2.24) is 4.98 Å². The zero-order valence-corrected chi connectivity index (χ0v) is 11.5. The predicted octanol–water partition coefficient (Wildman–Crippen LogP) is 3.71. The molecular formula is C12H14BrF3N2. The van der Waals surface area contributed by atoms with Crippen molar-refractivity contribution in [3.63, 3.8) is 0 Å². The summed E-state index contributed by atoms with van der Waals surface area (Å²) in [5.74, 6) is 1.08. The predicted molar refractivity (Wildman–Crippen MR) is 67.9 cm³/mol. The average molecular weight is 323 g/mol. The van der Waals surface area contributed by atoms with Crippen LogP contribution in [0.15, 0.2) is 18.3 Å². The lowest BCUT2D eigenvalue weighted by Crippen LogP contribution is -2.40. The van der Waals surface area contributed by atoms with Gasteiger partial charge >= 0.3 is 6.18 Å². The highest BCUT2D eigenvalue weighted by Gasteiger charge is 2.31. The number of aromatic nitrogens is 1. The molecule has 0 N–H and O–H groups in total. The van der Waals surface area contributed by atoms with Crippen molar-refractivity contribution in [3.05, 3.63) is 23.9 Å². The van der Waals surface area contributed by atoms with E-state index in [1.165, 1.54) is 6.07 Å². The van der Waals surface area contributed by atoms with Crippen LogP contribution in [0.25, 0.3) is 0 Å². The van der Waals surface area contributed by atoms with E-state index < -0.39 is 11.7 Å². The first-order valence-corrected chi connectivity index (χ1v) is 6.72. The number of rotatable bonds is 1. The first-order chi connectivity index (χ1) is 8.38. The zero-order valence-electron chi connectivity index (χ0n) is 9.91. The Morgan fingerprint density at radius 3 is 2.61 bits per heavy atom. The van der Waals surface area contributed by atoms with E-state index in [9.17, 15) is 13.2 Å². The van der Waals surface area contributed by atoms with E-state index >= 15 is 0 Å². The van der Waals surface area contributed by atoms with Crippen LogP contribution in [0.4, 0.5) is 19.0 Å². The van der Waals surface area contributed by atoms with Gasteiger partial charge in [0.25, 0.3) is 0 Å². The molecule has 0 radical (unpaired) electrons. The molecule has 2 atom stereocenters. The summed E-state index contributed by atoms with van der Waals surface area (Å²) in [6, 6.07) is 2.54. The zero-order chi connectivity index (χ0) is 13.3. The summed E-state index contributed by atoms with van der Waals surface area (Å²) in [6.45, 7) is 3.75. The second-order valence-corrected chi connectivity index (χ2v) is 5.81. The van der Waals surface area contributed by atoms with Gasteiger partial charge in [0.05, 0.1) is 5.56 Å². The summed E-state index contributed by atoms with van der Waals surface area (Å²) in [5, 5.41) is 0. The number of anilines is 1. The molecule has 1 aromatic heterocycles. The fourth-order valence-electron chi connectivity index (χ4n) is 2.07. The van der Waals surface area contributed by atoms with Gasteiger partial charge in [-0.1, -0.05) is 22.9 Å². The Bertz CT molecular complexity index is 405. The van der Waals surface area contributed by atoms with Crippen LogP contribution >= 0.6 is 15.9 Å². The maximum atomic E-state index is 12.4. The van der Waals surface area contributed by atoms with E-state index in [2.05, 4.69) is 27.8 Å². The molecule has 6 heteroatoms. The van der Waals surface area contributed by atoms with Gasteiger partial charge in [0, 0.05) is 24.1 Å². The third kappa shape index (κ3) is 2.96. The summed E-state index contributed by atoms with van der Waals surface area (Å²) < 4.78 is 37.2. The maximum absolute atomic E-state index is 12.4. The lowest BCUT2D eigenvalue weighted by Gasteiger charge is -2.35. The molecule has 0 aliphatic carbocycles. The molecule has 0 amide bonds. The van der Waals surface area contributed by atoms with Crippen molar-refractivity contribution in [2.24, 2.45) is 5.92 Å². The number of pyridine rings is 1. The van der Waals surface area contributed by atoms with Crippen LogP contribution in [0.5, 0.6) is 0 Å². The van der Waals surface area contributed by atoms with E-state index in [0.717, 1.165) is 31.8 Å². The first kappa shape index (κ1) is 13.6. The summed E-state index contributed by atoms with van der Waals surface area (Å²) >= 11 is 3.60. The number of alkyl halides is 4. The van der Waals surface area contributed by atoms with E-state index in [4.69, 9.17) is 0 Å². The molecule has 2 rings (SSSR count). The van der Waals surface area contributed by atoms with Crippen LogP contribution in [-0.2, 0) is 6.18 Å². The first-order valence-electron chi connectivity index (χ1n) is 5.80. The third-order valence-corrected chi connectivity index (χ3v) is 4.56. The SMILES string of the molecule is CC1CN(c2ccc(C(F)(F)F)cn2)CCC1Br. The molecule has 1 aromatic rings. The largest absolute Gasteiger partial charge is 0.417 e. The molecule has 100 valence electrons. The molecule has 1 fully saturated rings. The van der Waals surface area contributed by atoms with E-state index in [0.29, 0.717) is 16.6 Å². The molecule has 0 saturated carbocycles. The summed E-state index contributed by atoms with van der Waals surface area (Å²) in [4.78, 5) is 6.42. The van der Waals surface area contributed by atoms with Gasteiger partial charge in [-0.05, 0) is 24.5 Å². The standard InChI is InChI=1S/C12H14BrF3N2/c1-8-7-18(5-4-10(8)13)11-3-2-9(6-17-11)12(14,15)16/h2-3,6,8,10H,4-5,7H2,1H3. The Balaban J connectivity index is 2.11. The number of hydrogen-bond donors (Lipinski definition) is 0. The molecule has 1 aliphatic heterocycles. The Kier molecular flexibility index (Phi) is 3.84. The van der Waals surface area contributed by atoms with Crippen LogP contribution in [0.1, 0.15) is 18.9 Å². The summed E-state index contributed by atoms with van der Waals surface area (Å²) in [7, 11) is 0. The fourth-order valence-corrected chi connectivity index (χ4v) is 2.44. The number of halogens is 4. The quantitative estimate of drug-likeness (QED) is 0.733. The van der Waals surface area contributed by atoms with Crippen molar-refractivity contribution in [1.29, 1.82) is 0 Å². The third-order valence-electron chi connectivity index (χ3n) is 3.20. The molecule has 0 bridgehead atoms. The van der Waals surface area contributed by atoms with Crippen LogP contribution in [0.2, 0.25) is 0 Å². The van der Waals surface area contributed by atoms with Gasteiger partial charge in [0.1, 0.15) is 5.82 Å². The van der Waals surface area contributed by atoms with Crippen molar-refractivity contribution < 1.29 is 13.2 Å². The minimum Gasteiger partial charge on any atom is -0.356 e. The smallest absolute Gasteiger partial charge is 0.356 e. The summed E-state index contributed by atoms with van der Waals surface area (Å²) in [6.07, 6.45) is -2.44. The minimum atomic E-state index is -4.32. The normalized spacial score (nSPS) is 25.3. The van der Waals surface area contributed by atoms with E-state index in [1.807, 2.05) is 4.90 Å². The van der Waals surface area contributed by atoms with E-state index in [-0.39, 0.29) is 0 Å². The van der Waals surface area contributed by atoms with Crippen LogP contribution in [0.3, 0.4) is 0 Å². The average Bonchev–Trinajstić information content (AvgIpc) is 2.32. The number of hydrogen-bond acceptors (Lipinski definition) is 2. The van der Waals surface area contributed by atoms with Crippen molar-refractivity contribution >= 4 is 21.7 Å². The molecule has 1 saturated heterocycles. The highest BCUT2D eigenvalue weighted by molar-refractivity contribution is 9.09. The van der Waals surface area contributed by atoms with Crippen molar-refractivity contribution in [2.45, 2.75) is 24.3 Å². The monoisotopic (exact) mass is 322 g/mol. The second kappa shape index (κ2) is 5.07. The number of piperidine rings is 1. The fraction of sp³-hybridized carbons (Fsp3) is 0.583. The molecule has 2 unspecified atom stereocenters. The van der Waals surface area contributed by atoms with Gasteiger partial charge < -0.3 is 4.90 Å². The molecule has 18 heavy (non-hydrogen) atoms. The Morgan fingerprint density at radius 1 is 1.39 bits per heavy atom. The van der Waals surface area contributed by atoms with Gasteiger partial charge in [-0.3, -0.25) is 0 Å². The highest BCUT2D eigenvalue weighted by atomic mass is 79.9. The molecule has 2 heterocycles. The van der Waals surface area contributed by atoms with E-state index in [1.54, 1.807) is 0 Å². The maximum Gasteiger partial charge on any atom is 0.417 e. The number of nitrogens with zero attached hydrogens (tertiary/aromatic N) is 2. The van der Waals surface area contributed by atoms with Gasteiger partial charge in [0.2, 0.25) is 0 Å². The highest BCUT2D eigenvalue weighted by Crippen LogP contribution is 2.31. The van der Waals surface area contributed by atoms with Gasteiger partial charge in [-0.15, -0.1) is 0 Å². The summed E-state index contributed by atoms with van der Waals surface area (Å²) in [5.41, 5.74) is -0.699. The second-order valence-electron chi connectivity index (χ2n) is 4.63. The van der Waals surface area contributed by atoms with Gasteiger partial charge in [0.15, 0.2) is 0 Å². The van der Waals surface area contributed by atoms with Crippen LogP contribution in [-0.4, -0.2) is 22.9 Å². The topological polar surface area (TPSA) is 16.1 Å². The molecule has 2 nitrogen and oxygen atoms in total. The Hall–Kier alpha value is -0.780. The molecule has 1 aliphatic rings. The molecule has 0 spiro atoms. The Labute approximate surface area is 112 Å². The van der Waals surface area contributed by atoms with Crippen molar-refractivity contribution in [2.75, 3.05) is 18.0 Å². The Morgan fingerprint density at radius 2 is 2.11 bits per heavy atom. The van der Waals surface area contributed by atoms with Crippen LogP contribution < -0.4 is 4.90 Å². The minimum absolute atomic E-state index is 0.461. The van der Waals surface area contributed by atoms with Crippen molar-refractivity contribution in [3.8, 4) is 0 Å². The van der Waals surface area contributed by atoms with Crippen LogP contribution in [0, 0.1) is 5.92 Å². The molecule has 0 aromatic carbocycles. The van der Waals surface area contributed by atoms with Gasteiger partial charge in [-0.2, -0.15) is 13.2 Å². The lowest BCUT2D eigenvalue weighted by atomic mass is 10.00. The molecular weight excluding hydrogens is 309 g/mol.